The molecule has 0 unspecified atom stereocenters. The zero-order chi connectivity index (χ0) is 20.5. The standard InChI is InChI=1S/C21H31ClO5S/c1-2-3-4-6-14(23)9-11-17-16(18(22)13-19(17)24)8-5-7-15-10-12-20(28-15)27-21(25)26/h9-12,14,16-19,23-24H,2-8,13H2,1H3,(H,25,26)/b11-9+/t14-,16-,17-,18-,19-/m1/s1. The van der Waals surface area contributed by atoms with E-state index in [9.17, 15) is 15.0 Å². The van der Waals surface area contributed by atoms with Crippen molar-refractivity contribution in [3.8, 4) is 5.06 Å². The number of aliphatic hydroxyl groups is 2. The molecule has 3 N–H and O–H groups in total. The highest BCUT2D eigenvalue weighted by Crippen LogP contribution is 2.40. The highest BCUT2D eigenvalue weighted by Gasteiger charge is 2.39. The van der Waals surface area contributed by atoms with E-state index in [2.05, 4.69) is 11.7 Å². The van der Waals surface area contributed by atoms with E-state index in [1.54, 1.807) is 6.07 Å². The van der Waals surface area contributed by atoms with Gasteiger partial charge in [0.2, 0.25) is 0 Å². The zero-order valence-corrected chi connectivity index (χ0v) is 17.9. The predicted molar refractivity (Wildman–Crippen MR) is 112 cm³/mol. The smallest absolute Gasteiger partial charge is 0.449 e. The highest BCUT2D eigenvalue weighted by molar-refractivity contribution is 7.13. The fraction of sp³-hybridized carbons (Fsp3) is 0.667. The molecule has 5 nitrogen and oxygen atoms in total. The molecule has 0 saturated heterocycles. The molecule has 1 saturated carbocycles. The zero-order valence-electron chi connectivity index (χ0n) is 16.3. The lowest BCUT2D eigenvalue weighted by Crippen LogP contribution is -2.19. The number of aliphatic hydroxyl groups excluding tert-OH is 2. The molecule has 1 aliphatic rings. The summed E-state index contributed by atoms with van der Waals surface area (Å²) in [5.41, 5.74) is 0. The number of thiophene rings is 1. The van der Waals surface area contributed by atoms with Gasteiger partial charge >= 0.3 is 6.16 Å². The van der Waals surface area contributed by atoms with E-state index in [-0.39, 0.29) is 17.2 Å². The van der Waals surface area contributed by atoms with Gasteiger partial charge in [-0.1, -0.05) is 38.3 Å². The van der Waals surface area contributed by atoms with E-state index in [1.165, 1.54) is 11.3 Å². The molecule has 0 amide bonds. The van der Waals surface area contributed by atoms with Gasteiger partial charge in [-0.3, -0.25) is 0 Å². The lowest BCUT2D eigenvalue weighted by atomic mass is 9.89. The first-order valence-electron chi connectivity index (χ1n) is 10.1. The second-order valence-electron chi connectivity index (χ2n) is 7.49. The SMILES string of the molecule is CCCCC[C@@H](O)/C=C/[C@@H]1[C@@H](CCCc2ccc(OC(=O)O)s2)[C@H](Cl)C[C@H]1O. The number of carboxylic acid groups (broad SMARTS) is 1. The quantitative estimate of drug-likeness (QED) is 0.193. The first-order valence-corrected chi connectivity index (χ1v) is 11.3. The van der Waals surface area contributed by atoms with E-state index in [1.807, 2.05) is 18.2 Å². The van der Waals surface area contributed by atoms with Crippen LogP contribution in [0.5, 0.6) is 5.06 Å². The minimum absolute atomic E-state index is 0.0300. The van der Waals surface area contributed by atoms with Crippen molar-refractivity contribution < 1.29 is 24.9 Å². The molecule has 28 heavy (non-hydrogen) atoms. The lowest BCUT2D eigenvalue weighted by molar-refractivity contribution is 0.138. The Labute approximate surface area is 176 Å². The van der Waals surface area contributed by atoms with Crippen LogP contribution in [0.1, 0.15) is 56.7 Å². The molecule has 0 aromatic carbocycles. The summed E-state index contributed by atoms with van der Waals surface area (Å²) in [4.78, 5) is 11.6. The number of hydrogen-bond acceptors (Lipinski definition) is 5. The second-order valence-corrected chi connectivity index (χ2v) is 9.18. The molecule has 1 aromatic rings. The average molecular weight is 431 g/mol. The van der Waals surface area contributed by atoms with E-state index in [4.69, 9.17) is 16.7 Å². The Morgan fingerprint density at radius 1 is 1.39 bits per heavy atom. The van der Waals surface area contributed by atoms with Crippen LogP contribution >= 0.6 is 22.9 Å². The number of alkyl halides is 1. The number of aryl methyl sites for hydroxylation is 1. The molecule has 0 aliphatic heterocycles. The molecular formula is C21H31ClO5S. The Balaban J connectivity index is 1.84. The molecule has 7 heteroatoms. The van der Waals surface area contributed by atoms with Gasteiger partial charge in [0, 0.05) is 16.2 Å². The number of ether oxygens (including phenoxy) is 1. The van der Waals surface area contributed by atoms with Gasteiger partial charge < -0.3 is 20.1 Å². The minimum atomic E-state index is -1.30. The summed E-state index contributed by atoms with van der Waals surface area (Å²) < 4.78 is 4.66. The molecule has 1 heterocycles. The van der Waals surface area contributed by atoms with E-state index in [0.29, 0.717) is 11.5 Å². The van der Waals surface area contributed by atoms with E-state index < -0.39 is 18.4 Å². The molecule has 0 radical (unpaired) electrons. The maximum atomic E-state index is 10.6. The van der Waals surface area contributed by atoms with Crippen molar-refractivity contribution in [1.82, 2.24) is 0 Å². The Hall–Kier alpha value is -1.08. The van der Waals surface area contributed by atoms with Crippen LogP contribution in [-0.4, -0.2) is 39.1 Å². The van der Waals surface area contributed by atoms with Gasteiger partial charge in [0.05, 0.1) is 12.2 Å². The van der Waals surface area contributed by atoms with Gasteiger partial charge in [-0.15, -0.1) is 22.9 Å². The molecule has 1 aliphatic carbocycles. The maximum absolute atomic E-state index is 10.6. The van der Waals surface area contributed by atoms with Gasteiger partial charge in [0.1, 0.15) is 0 Å². The topological polar surface area (TPSA) is 87.0 Å². The highest BCUT2D eigenvalue weighted by atomic mass is 35.5. The number of halogens is 1. The Morgan fingerprint density at radius 2 is 2.18 bits per heavy atom. The van der Waals surface area contributed by atoms with Crippen LogP contribution in [-0.2, 0) is 6.42 Å². The molecule has 1 fully saturated rings. The fourth-order valence-electron chi connectivity index (χ4n) is 3.84. The number of unbranched alkanes of at least 4 members (excludes halogenated alkanes) is 2. The third-order valence-corrected chi connectivity index (χ3v) is 6.84. The van der Waals surface area contributed by atoms with Crippen LogP contribution in [0.15, 0.2) is 24.3 Å². The van der Waals surface area contributed by atoms with Crippen LogP contribution in [0.2, 0.25) is 0 Å². The van der Waals surface area contributed by atoms with Crippen molar-refractivity contribution in [2.24, 2.45) is 11.8 Å². The third kappa shape index (κ3) is 7.39. The molecule has 2 rings (SSSR count). The molecule has 1 aromatic heterocycles. The number of carbonyl (C=O) groups is 1. The van der Waals surface area contributed by atoms with Gasteiger partial charge in [-0.2, -0.15) is 0 Å². The first kappa shape index (κ1) is 23.2. The summed E-state index contributed by atoms with van der Waals surface area (Å²) in [6, 6.07) is 3.55. The van der Waals surface area contributed by atoms with Crippen LogP contribution < -0.4 is 4.74 Å². The Bertz CT molecular complexity index is 632. The largest absolute Gasteiger partial charge is 0.512 e. The van der Waals surface area contributed by atoms with Crippen molar-refractivity contribution in [3.05, 3.63) is 29.2 Å². The van der Waals surface area contributed by atoms with Crippen LogP contribution in [0, 0.1) is 11.8 Å². The third-order valence-electron chi connectivity index (χ3n) is 5.31. The van der Waals surface area contributed by atoms with Crippen LogP contribution in [0.3, 0.4) is 0 Å². The number of rotatable bonds is 11. The lowest BCUT2D eigenvalue weighted by Gasteiger charge is -2.21. The predicted octanol–water partition coefficient (Wildman–Crippen LogP) is 5.23. The fourth-order valence-corrected chi connectivity index (χ4v) is 5.20. The maximum Gasteiger partial charge on any atom is 0.512 e. The Morgan fingerprint density at radius 3 is 2.89 bits per heavy atom. The average Bonchev–Trinajstić information content (AvgIpc) is 3.17. The van der Waals surface area contributed by atoms with E-state index in [0.717, 1.165) is 49.8 Å². The monoisotopic (exact) mass is 430 g/mol. The van der Waals surface area contributed by atoms with Gasteiger partial charge in [0.25, 0.3) is 0 Å². The van der Waals surface area contributed by atoms with Crippen LogP contribution in [0.25, 0.3) is 0 Å². The van der Waals surface area contributed by atoms with Crippen molar-refractivity contribution in [2.75, 3.05) is 0 Å². The molecule has 158 valence electrons. The molecule has 0 spiro atoms. The second kappa shape index (κ2) is 11.8. The summed E-state index contributed by atoms with van der Waals surface area (Å²) >= 11 is 7.83. The normalized spacial score (nSPS) is 26.0. The summed E-state index contributed by atoms with van der Waals surface area (Å²) in [6.07, 6.45) is 8.71. The Kier molecular flexibility index (Phi) is 9.79. The van der Waals surface area contributed by atoms with Crippen molar-refractivity contribution in [2.45, 2.75) is 75.9 Å². The summed E-state index contributed by atoms with van der Waals surface area (Å²) in [7, 11) is 0. The minimum Gasteiger partial charge on any atom is -0.449 e. The van der Waals surface area contributed by atoms with Crippen molar-refractivity contribution in [1.29, 1.82) is 0 Å². The van der Waals surface area contributed by atoms with Crippen molar-refractivity contribution >= 4 is 29.1 Å². The van der Waals surface area contributed by atoms with Crippen LogP contribution in [0.4, 0.5) is 4.79 Å². The summed E-state index contributed by atoms with van der Waals surface area (Å²) in [6.45, 7) is 2.14. The van der Waals surface area contributed by atoms with Gasteiger partial charge in [0.15, 0.2) is 5.06 Å². The van der Waals surface area contributed by atoms with Crippen molar-refractivity contribution in [3.63, 3.8) is 0 Å². The molecule has 0 bridgehead atoms. The first-order chi connectivity index (χ1) is 13.4. The van der Waals surface area contributed by atoms with Gasteiger partial charge in [-0.05, 0) is 50.2 Å². The summed E-state index contributed by atoms with van der Waals surface area (Å²) in [5, 5.41) is 29.4. The molecule has 5 atom stereocenters. The summed E-state index contributed by atoms with van der Waals surface area (Å²) in [5.74, 6) is 0.142. The van der Waals surface area contributed by atoms with E-state index >= 15 is 0 Å². The molecular weight excluding hydrogens is 400 g/mol. The number of hydrogen-bond donors (Lipinski definition) is 3. The van der Waals surface area contributed by atoms with Gasteiger partial charge in [-0.25, -0.2) is 4.79 Å².